The molecule has 0 unspecified atom stereocenters. The van der Waals surface area contributed by atoms with E-state index < -0.39 is 41.4 Å². The lowest BCUT2D eigenvalue weighted by Gasteiger charge is -2.47. The number of esters is 1. The van der Waals surface area contributed by atoms with E-state index in [9.17, 15) is 14.7 Å². The van der Waals surface area contributed by atoms with Gasteiger partial charge in [-0.25, -0.2) is 0 Å². The van der Waals surface area contributed by atoms with E-state index >= 15 is 0 Å². The van der Waals surface area contributed by atoms with Crippen LogP contribution in [0.3, 0.4) is 0 Å². The normalized spacial score (nSPS) is 41.3. The number of methoxy groups -OCH3 is 1. The predicted octanol–water partition coefficient (Wildman–Crippen LogP) is 3.83. The topological polar surface area (TPSA) is 101 Å². The Hall–Kier alpha value is -1.14. The molecule has 45 heavy (non-hydrogen) atoms. The molecule has 262 valence electrons. The van der Waals surface area contributed by atoms with Gasteiger partial charge < -0.3 is 33.9 Å². The summed E-state index contributed by atoms with van der Waals surface area (Å²) in [6.07, 6.45) is 2.90. The molecule has 1 saturated carbocycles. The maximum Gasteiger partial charge on any atom is 0.319 e. The van der Waals surface area contributed by atoms with Gasteiger partial charge in [0.05, 0.1) is 17.8 Å². The number of hydrogen-bond acceptors (Lipinski definition) is 10. The first-order valence-electron chi connectivity index (χ1n) is 17.3. The first-order valence-corrected chi connectivity index (χ1v) is 17.3. The van der Waals surface area contributed by atoms with E-state index in [0.29, 0.717) is 24.8 Å². The molecule has 1 N–H and O–H groups in total. The molecule has 10 nitrogen and oxygen atoms in total. The highest BCUT2D eigenvalue weighted by atomic mass is 16.7. The van der Waals surface area contributed by atoms with Crippen LogP contribution in [-0.4, -0.2) is 135 Å². The number of aliphatic hydroxyl groups is 1. The second kappa shape index (κ2) is 15.8. The Kier molecular flexibility index (Phi) is 13.5. The molecule has 0 aromatic heterocycles. The van der Waals surface area contributed by atoms with Crippen molar-refractivity contribution in [2.75, 3.05) is 55.0 Å². The third-order valence-electron chi connectivity index (χ3n) is 11.3. The van der Waals surface area contributed by atoms with E-state index in [1.54, 1.807) is 27.9 Å². The Bertz CT molecular complexity index is 971. The second-order valence-electron chi connectivity index (χ2n) is 15.5. The van der Waals surface area contributed by atoms with Crippen molar-refractivity contribution in [2.45, 2.75) is 135 Å². The van der Waals surface area contributed by atoms with Crippen molar-refractivity contribution in [1.82, 2.24) is 14.7 Å². The zero-order valence-electron chi connectivity index (χ0n) is 30.4. The molecule has 3 rings (SSSR count). The lowest BCUT2D eigenvalue weighted by atomic mass is 9.74. The molecule has 3 fully saturated rings. The van der Waals surface area contributed by atoms with Crippen LogP contribution in [0.25, 0.3) is 0 Å². The van der Waals surface area contributed by atoms with E-state index in [2.05, 4.69) is 37.7 Å². The van der Waals surface area contributed by atoms with Gasteiger partial charge in [0.25, 0.3) is 0 Å². The number of nitrogens with zero attached hydrogens (tertiary/aromatic N) is 3. The number of ether oxygens (including phenoxy) is 4. The minimum absolute atomic E-state index is 0.0597. The fourth-order valence-corrected chi connectivity index (χ4v) is 8.25. The molecule has 0 radical (unpaired) electrons. The number of rotatable bonds is 7. The quantitative estimate of drug-likeness (QED) is 0.327. The van der Waals surface area contributed by atoms with Crippen LogP contribution in [0.1, 0.15) is 87.0 Å². The number of carbonyl (C=O) groups is 2. The molecule has 2 saturated heterocycles. The average Bonchev–Trinajstić information content (AvgIpc) is 2.99. The van der Waals surface area contributed by atoms with E-state index in [-0.39, 0.29) is 36.5 Å². The van der Waals surface area contributed by atoms with Crippen LogP contribution in [0.2, 0.25) is 0 Å². The van der Waals surface area contributed by atoms with Crippen LogP contribution >= 0.6 is 0 Å². The Morgan fingerprint density at radius 2 is 1.67 bits per heavy atom. The van der Waals surface area contributed by atoms with Crippen molar-refractivity contribution in [3.05, 3.63) is 0 Å². The zero-order valence-corrected chi connectivity index (χ0v) is 30.4. The van der Waals surface area contributed by atoms with Gasteiger partial charge in [-0.2, -0.15) is 0 Å². The first-order chi connectivity index (χ1) is 21.0. The number of cyclic esters (lactones) is 1. The van der Waals surface area contributed by atoms with Gasteiger partial charge in [-0.15, -0.1) is 0 Å². The van der Waals surface area contributed by atoms with Crippen LogP contribution in [0, 0.1) is 23.2 Å². The van der Waals surface area contributed by atoms with Crippen molar-refractivity contribution < 1.29 is 33.6 Å². The van der Waals surface area contributed by atoms with Gasteiger partial charge in [0.2, 0.25) is 0 Å². The molecule has 0 amide bonds. The van der Waals surface area contributed by atoms with Gasteiger partial charge in [-0.3, -0.25) is 14.5 Å². The molecule has 9 atom stereocenters. The zero-order chi connectivity index (χ0) is 33.9. The number of carbonyl (C=O) groups excluding carboxylic acids is 2. The first kappa shape index (κ1) is 38.3. The minimum Gasteiger partial charge on any atom is -0.463 e. The average molecular weight is 640 g/mol. The Morgan fingerprint density at radius 3 is 2.22 bits per heavy atom. The maximum absolute atomic E-state index is 14.2. The van der Waals surface area contributed by atoms with Crippen LogP contribution in [-0.2, 0) is 28.5 Å². The van der Waals surface area contributed by atoms with Crippen LogP contribution in [0.5, 0.6) is 0 Å². The van der Waals surface area contributed by atoms with Crippen molar-refractivity contribution >= 4 is 11.8 Å². The minimum atomic E-state index is -1.40. The number of hydrogen-bond donors (Lipinski definition) is 1. The van der Waals surface area contributed by atoms with Gasteiger partial charge in [-0.1, -0.05) is 20.8 Å². The number of Topliss-reactive ketones (excluding diaryl/α,β-unsaturated/α-hetero) is 1. The Balaban J connectivity index is 1.94. The standard InChI is InChI=1S/C35H65N3O7/c1-13-37(10)26-16-14-25(15-17-26)28-21-43-33(41)34(5,6)30(40)24(4)31(35(7,42-12)19-22(2)20-38(28)11)45-32-29(39)27(36(8)9)18-23(3)44-32/h22-29,31-32,39H,13-21H2,1-12H3/t22-,23-,24+,25?,26?,27+,28-,29-,31-,32+,35-/m1/s1. The van der Waals surface area contributed by atoms with Crippen molar-refractivity contribution in [1.29, 1.82) is 0 Å². The summed E-state index contributed by atoms with van der Waals surface area (Å²) in [5, 5.41) is 11.3. The fourth-order valence-electron chi connectivity index (χ4n) is 8.25. The van der Waals surface area contributed by atoms with Gasteiger partial charge in [0.15, 0.2) is 12.1 Å². The van der Waals surface area contributed by atoms with Crippen molar-refractivity contribution in [2.24, 2.45) is 23.2 Å². The van der Waals surface area contributed by atoms with E-state index in [1.165, 1.54) is 0 Å². The molecule has 0 spiro atoms. The van der Waals surface area contributed by atoms with Gasteiger partial charge in [-0.05, 0) is 113 Å². The number of aliphatic hydroxyl groups excluding tert-OH is 1. The van der Waals surface area contributed by atoms with E-state index in [1.807, 2.05) is 32.8 Å². The van der Waals surface area contributed by atoms with Crippen LogP contribution in [0.4, 0.5) is 0 Å². The smallest absolute Gasteiger partial charge is 0.319 e. The molecular weight excluding hydrogens is 574 g/mol. The Morgan fingerprint density at radius 1 is 1.04 bits per heavy atom. The van der Waals surface area contributed by atoms with Gasteiger partial charge >= 0.3 is 5.97 Å². The molecule has 2 aliphatic heterocycles. The highest BCUT2D eigenvalue weighted by Gasteiger charge is 2.51. The summed E-state index contributed by atoms with van der Waals surface area (Å²) in [5.41, 5.74) is -2.30. The molecule has 0 aromatic rings. The Labute approximate surface area is 273 Å². The number of ketones is 1. The summed E-state index contributed by atoms with van der Waals surface area (Å²) in [6.45, 7) is 15.5. The molecule has 3 aliphatic rings. The van der Waals surface area contributed by atoms with Crippen molar-refractivity contribution in [3.63, 3.8) is 0 Å². The summed E-state index contributed by atoms with van der Waals surface area (Å²) < 4.78 is 25.1. The molecule has 0 aromatic carbocycles. The van der Waals surface area contributed by atoms with Gasteiger partial charge in [0.1, 0.15) is 18.1 Å². The highest BCUT2D eigenvalue weighted by molar-refractivity contribution is 6.04. The maximum atomic E-state index is 14.2. The fraction of sp³-hybridized carbons (Fsp3) is 0.943. The predicted molar refractivity (Wildman–Crippen MR) is 176 cm³/mol. The summed E-state index contributed by atoms with van der Waals surface area (Å²) >= 11 is 0. The second-order valence-corrected chi connectivity index (χ2v) is 15.5. The lowest BCUT2D eigenvalue weighted by Crippen LogP contribution is -2.59. The molecule has 0 bridgehead atoms. The van der Waals surface area contributed by atoms with Crippen LogP contribution in [0.15, 0.2) is 0 Å². The van der Waals surface area contributed by atoms with E-state index in [0.717, 1.165) is 38.8 Å². The largest absolute Gasteiger partial charge is 0.463 e. The van der Waals surface area contributed by atoms with Gasteiger partial charge in [0, 0.05) is 37.7 Å². The third-order valence-corrected chi connectivity index (χ3v) is 11.3. The summed E-state index contributed by atoms with van der Waals surface area (Å²) in [7, 11) is 9.85. The van der Waals surface area contributed by atoms with E-state index in [4.69, 9.17) is 18.9 Å². The summed E-state index contributed by atoms with van der Waals surface area (Å²) in [6, 6.07) is 0.485. The molecule has 2 heterocycles. The van der Waals surface area contributed by atoms with Crippen LogP contribution < -0.4 is 0 Å². The summed E-state index contributed by atoms with van der Waals surface area (Å²) in [4.78, 5) is 34.7. The SMILES string of the molecule is CCN(C)C1CCC([C@H]2COC(=O)C(C)(C)C(=O)[C@H](C)[C@@H](O[C@@H]3O[C@H](C)C[C@H](N(C)C)[C@H]3O)[C@](C)(OC)C[C@@H](C)CN2C)CC1. The lowest BCUT2D eigenvalue weighted by molar-refractivity contribution is -0.295. The monoisotopic (exact) mass is 639 g/mol. The molecule has 10 heteroatoms. The highest BCUT2D eigenvalue weighted by Crippen LogP contribution is 2.39. The third kappa shape index (κ3) is 8.86. The molecule has 1 aliphatic carbocycles. The number of likely N-dealkylation sites (N-methyl/N-ethyl adjacent to an activating group) is 2. The summed E-state index contributed by atoms with van der Waals surface area (Å²) in [5.74, 6) is -0.953. The molecular formula is C35H65N3O7. The van der Waals surface area contributed by atoms with Crippen molar-refractivity contribution in [3.8, 4) is 0 Å².